The number of hydrogen-bond acceptors (Lipinski definition) is 3. The van der Waals surface area contributed by atoms with Crippen LogP contribution in [0.15, 0.2) is 24.3 Å². The molecular weight excluding hydrogens is 354 g/mol. The highest BCUT2D eigenvalue weighted by atomic mass is 35.5. The van der Waals surface area contributed by atoms with Crippen LogP contribution in [0.2, 0.25) is 5.02 Å². The Labute approximate surface area is 158 Å². The van der Waals surface area contributed by atoms with Gasteiger partial charge < -0.3 is 15.1 Å². The Kier molecular flexibility index (Phi) is 6.14. The minimum absolute atomic E-state index is 0.00321. The van der Waals surface area contributed by atoms with Crippen molar-refractivity contribution < 1.29 is 14.4 Å². The highest BCUT2D eigenvalue weighted by Gasteiger charge is 2.31. The van der Waals surface area contributed by atoms with E-state index in [-0.39, 0.29) is 23.8 Å². The van der Waals surface area contributed by atoms with E-state index in [4.69, 9.17) is 11.6 Å². The maximum absolute atomic E-state index is 12.2. The van der Waals surface area contributed by atoms with Crippen LogP contribution in [0.1, 0.15) is 38.5 Å². The molecule has 0 aromatic heterocycles. The lowest BCUT2D eigenvalue weighted by Gasteiger charge is -2.26. The first-order valence-electron chi connectivity index (χ1n) is 9.16. The van der Waals surface area contributed by atoms with Gasteiger partial charge in [0.25, 0.3) is 0 Å². The fraction of sp³-hybridized carbons (Fsp3) is 0.526. The van der Waals surface area contributed by atoms with E-state index in [9.17, 15) is 14.4 Å². The summed E-state index contributed by atoms with van der Waals surface area (Å²) >= 11 is 5.88. The Morgan fingerprint density at radius 2 is 1.92 bits per heavy atom. The summed E-state index contributed by atoms with van der Waals surface area (Å²) in [5.41, 5.74) is 0.791. The molecule has 1 aromatic rings. The van der Waals surface area contributed by atoms with Crippen molar-refractivity contribution in [3.05, 3.63) is 29.3 Å². The van der Waals surface area contributed by atoms with Crippen LogP contribution in [0.5, 0.6) is 0 Å². The molecule has 3 amide bonds. The monoisotopic (exact) mass is 377 g/mol. The number of anilines is 1. The Morgan fingerprint density at radius 3 is 2.65 bits per heavy atom. The van der Waals surface area contributed by atoms with Gasteiger partial charge >= 0.3 is 0 Å². The van der Waals surface area contributed by atoms with Crippen molar-refractivity contribution in [2.45, 2.75) is 44.6 Å². The van der Waals surface area contributed by atoms with Crippen molar-refractivity contribution in [1.82, 2.24) is 10.2 Å². The molecule has 1 N–H and O–H groups in total. The Hall–Kier alpha value is -2.08. The molecule has 2 fully saturated rings. The number of nitrogens with zero attached hydrogens (tertiary/aromatic N) is 2. The molecule has 0 radical (unpaired) electrons. The Morgan fingerprint density at radius 1 is 1.15 bits per heavy atom. The molecule has 2 heterocycles. The van der Waals surface area contributed by atoms with E-state index in [1.165, 1.54) is 0 Å². The van der Waals surface area contributed by atoms with Crippen molar-refractivity contribution >= 4 is 35.0 Å². The van der Waals surface area contributed by atoms with Gasteiger partial charge in [-0.25, -0.2) is 0 Å². The maximum atomic E-state index is 12.2. The van der Waals surface area contributed by atoms with Crippen LogP contribution in [-0.2, 0) is 14.4 Å². The van der Waals surface area contributed by atoms with E-state index < -0.39 is 0 Å². The number of halogens is 1. The standard InChI is InChI=1S/C19H24ClN3O3/c20-14-6-8-16(9-7-14)23-13-15(12-19(23)26)21-17(24)4-3-11-22-10-2-1-5-18(22)25/h6-9,15H,1-5,10-13H2,(H,21,24). The zero-order chi connectivity index (χ0) is 18.5. The minimum atomic E-state index is -0.178. The van der Waals surface area contributed by atoms with Crippen molar-refractivity contribution in [3.8, 4) is 0 Å². The summed E-state index contributed by atoms with van der Waals surface area (Å²) in [6.45, 7) is 1.90. The second kappa shape index (κ2) is 8.54. The summed E-state index contributed by atoms with van der Waals surface area (Å²) in [5, 5.41) is 3.56. The Bertz CT molecular complexity index is 677. The average molecular weight is 378 g/mol. The van der Waals surface area contributed by atoms with Crippen LogP contribution >= 0.6 is 11.6 Å². The van der Waals surface area contributed by atoms with Crippen molar-refractivity contribution in [2.75, 3.05) is 24.5 Å². The third-order valence-corrected chi connectivity index (χ3v) is 5.13. The number of carbonyl (C=O) groups is 3. The maximum Gasteiger partial charge on any atom is 0.229 e. The van der Waals surface area contributed by atoms with Crippen LogP contribution in [0.25, 0.3) is 0 Å². The quantitative estimate of drug-likeness (QED) is 0.827. The van der Waals surface area contributed by atoms with Crippen LogP contribution in [0.4, 0.5) is 5.69 Å². The van der Waals surface area contributed by atoms with Crippen LogP contribution in [0.3, 0.4) is 0 Å². The molecule has 2 aliphatic rings. The number of carbonyl (C=O) groups excluding carboxylic acids is 3. The number of hydrogen-bond donors (Lipinski definition) is 1. The summed E-state index contributed by atoms with van der Waals surface area (Å²) in [5.74, 6) is 0.124. The molecule has 140 valence electrons. The fourth-order valence-corrected chi connectivity index (χ4v) is 3.63. The van der Waals surface area contributed by atoms with Gasteiger partial charge in [0, 0.05) is 49.6 Å². The number of benzene rings is 1. The molecule has 3 rings (SSSR count). The fourth-order valence-electron chi connectivity index (χ4n) is 3.50. The number of amides is 3. The smallest absolute Gasteiger partial charge is 0.229 e. The summed E-state index contributed by atoms with van der Waals surface area (Å²) in [6, 6.07) is 6.93. The molecule has 26 heavy (non-hydrogen) atoms. The van der Waals surface area contributed by atoms with Gasteiger partial charge in [-0.1, -0.05) is 11.6 Å². The number of piperidine rings is 1. The highest BCUT2D eigenvalue weighted by Crippen LogP contribution is 2.23. The third-order valence-electron chi connectivity index (χ3n) is 4.88. The van der Waals surface area contributed by atoms with Gasteiger partial charge in [0.15, 0.2) is 0 Å². The first-order valence-corrected chi connectivity index (χ1v) is 9.54. The van der Waals surface area contributed by atoms with Crippen molar-refractivity contribution in [2.24, 2.45) is 0 Å². The zero-order valence-corrected chi connectivity index (χ0v) is 15.5. The zero-order valence-electron chi connectivity index (χ0n) is 14.7. The lowest BCUT2D eigenvalue weighted by atomic mass is 10.1. The normalized spacial score (nSPS) is 20.6. The molecule has 0 spiro atoms. The van der Waals surface area contributed by atoms with Gasteiger partial charge in [-0.05, 0) is 43.5 Å². The van der Waals surface area contributed by atoms with Crippen molar-refractivity contribution in [3.63, 3.8) is 0 Å². The van der Waals surface area contributed by atoms with E-state index >= 15 is 0 Å². The first-order chi connectivity index (χ1) is 12.5. The van der Waals surface area contributed by atoms with Gasteiger partial charge in [0.2, 0.25) is 17.7 Å². The van der Waals surface area contributed by atoms with E-state index in [2.05, 4.69) is 5.32 Å². The molecule has 0 saturated carbocycles. The topological polar surface area (TPSA) is 69.7 Å². The third kappa shape index (κ3) is 4.75. The van der Waals surface area contributed by atoms with Crippen molar-refractivity contribution in [1.29, 1.82) is 0 Å². The molecule has 6 nitrogen and oxygen atoms in total. The molecule has 0 aliphatic carbocycles. The number of rotatable bonds is 6. The highest BCUT2D eigenvalue weighted by molar-refractivity contribution is 6.30. The minimum Gasteiger partial charge on any atom is -0.351 e. The lowest BCUT2D eigenvalue weighted by molar-refractivity contribution is -0.133. The average Bonchev–Trinajstić information content (AvgIpc) is 2.97. The van der Waals surface area contributed by atoms with E-state index in [0.29, 0.717) is 43.8 Å². The van der Waals surface area contributed by atoms with Gasteiger partial charge in [-0.3, -0.25) is 14.4 Å². The summed E-state index contributed by atoms with van der Waals surface area (Å²) in [4.78, 5) is 39.6. The molecule has 7 heteroatoms. The summed E-state index contributed by atoms with van der Waals surface area (Å²) < 4.78 is 0. The largest absolute Gasteiger partial charge is 0.351 e. The predicted molar refractivity (Wildman–Crippen MR) is 100 cm³/mol. The second-order valence-corrected chi connectivity index (χ2v) is 7.33. The molecule has 2 aliphatic heterocycles. The van der Waals surface area contributed by atoms with Crippen LogP contribution in [-0.4, -0.2) is 48.3 Å². The van der Waals surface area contributed by atoms with E-state index in [1.54, 1.807) is 29.2 Å². The molecule has 1 aromatic carbocycles. The molecule has 0 bridgehead atoms. The van der Waals surface area contributed by atoms with Gasteiger partial charge in [0.1, 0.15) is 0 Å². The lowest BCUT2D eigenvalue weighted by Crippen LogP contribution is -2.38. The molecule has 2 saturated heterocycles. The van der Waals surface area contributed by atoms with E-state index in [0.717, 1.165) is 25.1 Å². The molecule has 1 atom stereocenters. The van der Waals surface area contributed by atoms with Gasteiger partial charge in [-0.2, -0.15) is 0 Å². The summed E-state index contributed by atoms with van der Waals surface area (Å²) in [7, 11) is 0. The van der Waals surface area contributed by atoms with E-state index in [1.807, 2.05) is 4.90 Å². The first kappa shape index (κ1) is 18.7. The SMILES string of the molecule is O=C(CCCN1CCCCC1=O)NC1CC(=O)N(c2ccc(Cl)cc2)C1. The molecule has 1 unspecified atom stereocenters. The van der Waals surface area contributed by atoms with Gasteiger partial charge in [0.05, 0.1) is 6.04 Å². The van der Waals surface area contributed by atoms with Crippen LogP contribution in [0, 0.1) is 0 Å². The Balaban J connectivity index is 1.42. The second-order valence-electron chi connectivity index (χ2n) is 6.89. The molecular formula is C19H24ClN3O3. The van der Waals surface area contributed by atoms with Gasteiger partial charge in [-0.15, -0.1) is 0 Å². The summed E-state index contributed by atoms with van der Waals surface area (Å²) in [6.07, 6.45) is 3.96. The number of likely N-dealkylation sites (tertiary alicyclic amines) is 1. The predicted octanol–water partition coefficient (Wildman–Crippen LogP) is 2.35. The van der Waals surface area contributed by atoms with Crippen LogP contribution < -0.4 is 10.2 Å². The number of nitrogens with one attached hydrogen (secondary N) is 1.